The maximum atomic E-state index is 13.9. The summed E-state index contributed by atoms with van der Waals surface area (Å²) in [5.41, 5.74) is 2.93. The van der Waals surface area contributed by atoms with Crippen LogP contribution < -0.4 is 4.90 Å². The van der Waals surface area contributed by atoms with Gasteiger partial charge in [-0.2, -0.15) is 0 Å². The molecule has 0 aliphatic carbocycles. The number of nitrogens with zero attached hydrogens (tertiary/aromatic N) is 3. The van der Waals surface area contributed by atoms with E-state index >= 15 is 0 Å². The lowest BCUT2D eigenvalue weighted by atomic mass is 9.98. The molecule has 104 valence electrons. The number of halogens is 1. The fraction of sp³-hybridized carbons (Fsp3) is 0.375. The summed E-state index contributed by atoms with van der Waals surface area (Å²) < 4.78 is 13.9. The van der Waals surface area contributed by atoms with E-state index < -0.39 is 0 Å². The lowest BCUT2D eigenvalue weighted by Gasteiger charge is -2.20. The van der Waals surface area contributed by atoms with E-state index in [-0.39, 0.29) is 11.7 Å². The highest BCUT2D eigenvalue weighted by Crippen LogP contribution is 2.32. The summed E-state index contributed by atoms with van der Waals surface area (Å²) in [6.45, 7) is 5.76. The SMILES string of the molecule is Cc1ncnc(N2CCC(c3ccccc3F)C2)c1C. The van der Waals surface area contributed by atoms with Crippen molar-refractivity contribution in [2.75, 3.05) is 18.0 Å². The number of hydrogen-bond acceptors (Lipinski definition) is 3. The van der Waals surface area contributed by atoms with E-state index in [4.69, 9.17) is 0 Å². The molecule has 0 bridgehead atoms. The minimum Gasteiger partial charge on any atom is -0.356 e. The molecule has 1 fully saturated rings. The van der Waals surface area contributed by atoms with E-state index in [9.17, 15) is 4.39 Å². The third-order valence-electron chi connectivity index (χ3n) is 4.14. The molecular formula is C16H18FN3. The Morgan fingerprint density at radius 2 is 2.00 bits per heavy atom. The van der Waals surface area contributed by atoms with Gasteiger partial charge in [-0.25, -0.2) is 14.4 Å². The Balaban J connectivity index is 1.84. The van der Waals surface area contributed by atoms with Crippen LogP contribution in [0.5, 0.6) is 0 Å². The molecule has 4 heteroatoms. The Labute approximate surface area is 118 Å². The first-order valence-electron chi connectivity index (χ1n) is 6.94. The Hall–Kier alpha value is -1.97. The largest absolute Gasteiger partial charge is 0.356 e. The second kappa shape index (κ2) is 5.19. The topological polar surface area (TPSA) is 29.0 Å². The smallest absolute Gasteiger partial charge is 0.135 e. The number of rotatable bonds is 2. The molecule has 1 unspecified atom stereocenters. The summed E-state index contributed by atoms with van der Waals surface area (Å²) in [5, 5.41) is 0. The van der Waals surface area contributed by atoms with Crippen molar-refractivity contribution in [3.63, 3.8) is 0 Å². The second-order valence-corrected chi connectivity index (χ2v) is 5.36. The summed E-state index contributed by atoms with van der Waals surface area (Å²) in [4.78, 5) is 10.8. The monoisotopic (exact) mass is 271 g/mol. The Morgan fingerprint density at radius 3 is 2.80 bits per heavy atom. The van der Waals surface area contributed by atoms with Crippen molar-refractivity contribution in [2.24, 2.45) is 0 Å². The van der Waals surface area contributed by atoms with Gasteiger partial charge in [0, 0.05) is 30.3 Å². The summed E-state index contributed by atoms with van der Waals surface area (Å²) in [6, 6.07) is 7.07. The predicted molar refractivity (Wildman–Crippen MR) is 77.5 cm³/mol. The molecule has 1 aliphatic heterocycles. The van der Waals surface area contributed by atoms with Gasteiger partial charge in [0.2, 0.25) is 0 Å². The van der Waals surface area contributed by atoms with Gasteiger partial charge >= 0.3 is 0 Å². The summed E-state index contributed by atoms with van der Waals surface area (Å²) in [7, 11) is 0. The Bertz CT molecular complexity index is 627. The number of anilines is 1. The molecule has 0 radical (unpaired) electrons. The average Bonchev–Trinajstić information content (AvgIpc) is 2.92. The van der Waals surface area contributed by atoms with Crippen LogP contribution in [-0.4, -0.2) is 23.1 Å². The molecular weight excluding hydrogens is 253 g/mol. The molecule has 0 saturated carbocycles. The van der Waals surface area contributed by atoms with Crippen LogP contribution in [0.3, 0.4) is 0 Å². The quantitative estimate of drug-likeness (QED) is 0.839. The number of hydrogen-bond donors (Lipinski definition) is 0. The molecule has 1 aliphatic rings. The van der Waals surface area contributed by atoms with Gasteiger partial charge in [-0.3, -0.25) is 0 Å². The molecule has 1 aromatic heterocycles. The van der Waals surface area contributed by atoms with Crippen LogP contribution in [0.4, 0.5) is 10.2 Å². The van der Waals surface area contributed by atoms with Crippen molar-refractivity contribution in [3.8, 4) is 0 Å². The van der Waals surface area contributed by atoms with E-state index in [1.54, 1.807) is 12.4 Å². The summed E-state index contributed by atoms with van der Waals surface area (Å²) in [5.74, 6) is 1.12. The molecule has 0 N–H and O–H groups in total. The zero-order valence-corrected chi connectivity index (χ0v) is 11.8. The van der Waals surface area contributed by atoms with Crippen LogP contribution in [-0.2, 0) is 0 Å². The molecule has 3 rings (SSSR count). The molecule has 1 atom stereocenters. The Kier molecular flexibility index (Phi) is 3.38. The van der Waals surface area contributed by atoms with Crippen molar-refractivity contribution >= 4 is 5.82 Å². The van der Waals surface area contributed by atoms with Gasteiger partial charge in [-0.15, -0.1) is 0 Å². The highest BCUT2D eigenvalue weighted by Gasteiger charge is 2.27. The van der Waals surface area contributed by atoms with Crippen LogP contribution in [0.1, 0.15) is 29.2 Å². The summed E-state index contributed by atoms with van der Waals surface area (Å²) in [6.07, 6.45) is 2.57. The fourth-order valence-electron chi connectivity index (χ4n) is 2.86. The standard InChI is InChI=1S/C16H18FN3/c1-11-12(2)18-10-19-16(11)20-8-7-13(9-20)14-5-3-4-6-15(14)17/h3-6,10,13H,7-9H2,1-2H3. The second-order valence-electron chi connectivity index (χ2n) is 5.36. The average molecular weight is 271 g/mol. The first-order valence-corrected chi connectivity index (χ1v) is 6.94. The number of benzene rings is 1. The first kappa shape index (κ1) is 13.0. The van der Waals surface area contributed by atoms with Crippen LogP contribution in [0.25, 0.3) is 0 Å². The highest BCUT2D eigenvalue weighted by atomic mass is 19.1. The maximum Gasteiger partial charge on any atom is 0.135 e. The molecule has 1 aromatic carbocycles. The van der Waals surface area contributed by atoms with Crippen molar-refractivity contribution in [1.29, 1.82) is 0 Å². The van der Waals surface area contributed by atoms with Crippen LogP contribution in [0.15, 0.2) is 30.6 Å². The fourth-order valence-corrected chi connectivity index (χ4v) is 2.86. The van der Waals surface area contributed by atoms with Crippen molar-refractivity contribution in [3.05, 3.63) is 53.2 Å². The third kappa shape index (κ3) is 2.26. The zero-order chi connectivity index (χ0) is 14.1. The van der Waals surface area contributed by atoms with Crippen molar-refractivity contribution < 1.29 is 4.39 Å². The molecule has 3 nitrogen and oxygen atoms in total. The molecule has 2 aromatic rings. The molecule has 0 spiro atoms. The molecule has 20 heavy (non-hydrogen) atoms. The lowest BCUT2D eigenvalue weighted by Crippen LogP contribution is -2.22. The van der Waals surface area contributed by atoms with Gasteiger partial charge in [0.1, 0.15) is 18.0 Å². The minimum absolute atomic E-state index is 0.102. The van der Waals surface area contributed by atoms with E-state index in [2.05, 4.69) is 14.9 Å². The first-order chi connectivity index (χ1) is 9.66. The van der Waals surface area contributed by atoms with E-state index in [1.165, 1.54) is 6.07 Å². The van der Waals surface area contributed by atoms with Gasteiger partial charge in [-0.05, 0) is 31.9 Å². The predicted octanol–water partition coefficient (Wildman–Crippen LogP) is 3.23. The number of aromatic nitrogens is 2. The highest BCUT2D eigenvalue weighted by molar-refractivity contribution is 5.49. The Morgan fingerprint density at radius 1 is 1.20 bits per heavy atom. The third-order valence-corrected chi connectivity index (χ3v) is 4.14. The van der Waals surface area contributed by atoms with E-state index in [0.717, 1.165) is 42.1 Å². The van der Waals surface area contributed by atoms with E-state index in [0.29, 0.717) is 0 Å². The van der Waals surface area contributed by atoms with Crippen molar-refractivity contribution in [1.82, 2.24) is 9.97 Å². The molecule has 1 saturated heterocycles. The van der Waals surface area contributed by atoms with Gasteiger partial charge in [0.15, 0.2) is 0 Å². The van der Waals surface area contributed by atoms with Gasteiger partial charge in [0.25, 0.3) is 0 Å². The van der Waals surface area contributed by atoms with Crippen LogP contribution >= 0.6 is 0 Å². The zero-order valence-electron chi connectivity index (χ0n) is 11.8. The number of aryl methyl sites for hydroxylation is 1. The van der Waals surface area contributed by atoms with Gasteiger partial charge < -0.3 is 4.90 Å². The van der Waals surface area contributed by atoms with E-state index in [1.807, 2.05) is 26.0 Å². The van der Waals surface area contributed by atoms with Gasteiger partial charge in [0.05, 0.1) is 0 Å². The molecule has 0 amide bonds. The summed E-state index contributed by atoms with van der Waals surface area (Å²) >= 11 is 0. The van der Waals surface area contributed by atoms with Crippen LogP contribution in [0, 0.1) is 19.7 Å². The molecule has 2 heterocycles. The lowest BCUT2D eigenvalue weighted by molar-refractivity contribution is 0.589. The normalized spacial score (nSPS) is 18.6. The van der Waals surface area contributed by atoms with Gasteiger partial charge in [-0.1, -0.05) is 18.2 Å². The minimum atomic E-state index is -0.102. The maximum absolute atomic E-state index is 13.9. The van der Waals surface area contributed by atoms with Crippen LogP contribution in [0.2, 0.25) is 0 Å². The van der Waals surface area contributed by atoms with Crippen molar-refractivity contribution in [2.45, 2.75) is 26.2 Å².